The summed E-state index contributed by atoms with van der Waals surface area (Å²) in [4.78, 5) is 28.4. The summed E-state index contributed by atoms with van der Waals surface area (Å²) in [7, 11) is 4.55. The van der Waals surface area contributed by atoms with Crippen molar-refractivity contribution in [3.63, 3.8) is 0 Å². The number of rotatable bonds is 10. The number of nitrogens with zero attached hydrogens (tertiary/aromatic N) is 1. The number of fused-ring (bicyclic) bond motifs is 1. The normalized spacial score (nSPS) is 13.1. The lowest BCUT2D eigenvalue weighted by Gasteiger charge is -2.28. The Morgan fingerprint density at radius 2 is 1.70 bits per heavy atom. The molecule has 0 aromatic heterocycles. The second-order valence-electron chi connectivity index (χ2n) is 8.39. The van der Waals surface area contributed by atoms with E-state index in [1.54, 1.807) is 36.3 Å². The maximum atomic E-state index is 13.4. The van der Waals surface area contributed by atoms with Gasteiger partial charge in [0.2, 0.25) is 5.91 Å². The number of halogens is 1. The van der Waals surface area contributed by atoms with Crippen LogP contribution in [0.1, 0.15) is 40.9 Å². The minimum absolute atomic E-state index is 0.0103. The molecule has 0 aliphatic carbocycles. The van der Waals surface area contributed by atoms with Crippen LogP contribution in [0.3, 0.4) is 0 Å². The molecular formula is C28H29ClN2O6. The van der Waals surface area contributed by atoms with E-state index < -0.39 is 6.04 Å². The zero-order valence-electron chi connectivity index (χ0n) is 21.2. The first-order valence-electron chi connectivity index (χ1n) is 11.8. The first kappa shape index (κ1) is 26.2. The summed E-state index contributed by atoms with van der Waals surface area (Å²) in [6.45, 7) is 2.76. The van der Waals surface area contributed by atoms with Gasteiger partial charge in [0.1, 0.15) is 11.5 Å². The molecule has 194 valence electrons. The average molecular weight is 525 g/mol. The van der Waals surface area contributed by atoms with Gasteiger partial charge >= 0.3 is 0 Å². The fourth-order valence-electron chi connectivity index (χ4n) is 4.44. The number of amides is 2. The van der Waals surface area contributed by atoms with Crippen molar-refractivity contribution in [1.82, 2.24) is 4.90 Å². The Labute approximate surface area is 221 Å². The van der Waals surface area contributed by atoms with Gasteiger partial charge in [-0.2, -0.15) is 0 Å². The average Bonchev–Trinajstić information content (AvgIpc) is 3.24. The van der Waals surface area contributed by atoms with E-state index in [-0.39, 0.29) is 18.2 Å². The molecule has 0 spiro atoms. The predicted octanol–water partition coefficient (Wildman–Crippen LogP) is 5.49. The molecule has 8 nitrogen and oxygen atoms in total. The Balaban J connectivity index is 1.67. The number of carbonyl (C=O) groups is 2. The lowest BCUT2D eigenvalue weighted by molar-refractivity contribution is -0.117. The number of hydrogen-bond acceptors (Lipinski definition) is 6. The van der Waals surface area contributed by atoms with Crippen LogP contribution >= 0.6 is 11.6 Å². The summed E-state index contributed by atoms with van der Waals surface area (Å²) in [6, 6.07) is 15.5. The van der Waals surface area contributed by atoms with Crippen molar-refractivity contribution < 1.29 is 28.5 Å². The van der Waals surface area contributed by atoms with Gasteiger partial charge in [0.15, 0.2) is 11.5 Å². The van der Waals surface area contributed by atoms with E-state index in [1.165, 1.54) is 14.2 Å². The number of methoxy groups -OCH3 is 3. The highest BCUT2D eigenvalue weighted by molar-refractivity contribution is 6.32. The molecule has 3 aromatic rings. The van der Waals surface area contributed by atoms with Crippen molar-refractivity contribution in [2.75, 3.05) is 33.3 Å². The molecule has 1 aliphatic heterocycles. The van der Waals surface area contributed by atoms with Crippen LogP contribution in [0, 0.1) is 0 Å². The molecule has 0 radical (unpaired) electrons. The SMILES string of the molecule is CCOc1ccc([C@@H](CC(=O)Nc2cc(Cl)c(OC)cc2OC)N2Cc3ccccc3C2=O)cc1OC. The summed E-state index contributed by atoms with van der Waals surface area (Å²) in [5, 5.41) is 3.21. The molecule has 0 bridgehead atoms. The van der Waals surface area contributed by atoms with Gasteiger partial charge in [-0.3, -0.25) is 9.59 Å². The zero-order chi connectivity index (χ0) is 26.5. The summed E-state index contributed by atoms with van der Waals surface area (Å²) in [5.74, 6) is 1.49. The van der Waals surface area contributed by atoms with E-state index in [1.807, 2.05) is 37.3 Å². The zero-order valence-corrected chi connectivity index (χ0v) is 21.9. The molecular weight excluding hydrogens is 496 g/mol. The minimum atomic E-state index is -0.566. The van der Waals surface area contributed by atoms with Crippen LogP contribution in [0.15, 0.2) is 54.6 Å². The number of benzene rings is 3. The van der Waals surface area contributed by atoms with E-state index >= 15 is 0 Å². The van der Waals surface area contributed by atoms with Gasteiger partial charge in [-0.25, -0.2) is 0 Å². The van der Waals surface area contributed by atoms with Crippen LogP contribution < -0.4 is 24.3 Å². The Morgan fingerprint density at radius 1 is 0.973 bits per heavy atom. The van der Waals surface area contributed by atoms with Crippen LogP contribution in [-0.4, -0.2) is 44.7 Å². The fourth-order valence-corrected chi connectivity index (χ4v) is 4.68. The highest BCUT2D eigenvalue weighted by Gasteiger charge is 2.35. The molecule has 0 saturated carbocycles. The van der Waals surface area contributed by atoms with E-state index in [2.05, 4.69) is 5.32 Å². The summed E-state index contributed by atoms with van der Waals surface area (Å²) >= 11 is 6.28. The Bertz CT molecular complexity index is 1310. The highest BCUT2D eigenvalue weighted by Crippen LogP contribution is 2.39. The van der Waals surface area contributed by atoms with Gasteiger partial charge in [-0.15, -0.1) is 0 Å². The van der Waals surface area contributed by atoms with Crippen molar-refractivity contribution >= 4 is 29.1 Å². The first-order valence-corrected chi connectivity index (χ1v) is 12.2. The van der Waals surface area contributed by atoms with Crippen LogP contribution in [-0.2, 0) is 11.3 Å². The van der Waals surface area contributed by atoms with Gasteiger partial charge in [-0.1, -0.05) is 35.9 Å². The number of anilines is 1. The maximum Gasteiger partial charge on any atom is 0.255 e. The molecule has 37 heavy (non-hydrogen) atoms. The summed E-state index contributed by atoms with van der Waals surface area (Å²) in [5.41, 5.74) is 2.70. The molecule has 0 fully saturated rings. The lowest BCUT2D eigenvalue weighted by atomic mass is 10.0. The van der Waals surface area contributed by atoms with Crippen molar-refractivity contribution in [3.05, 3.63) is 76.3 Å². The van der Waals surface area contributed by atoms with Gasteiger partial charge in [0.05, 0.1) is 51.1 Å². The Kier molecular flexibility index (Phi) is 8.08. The fraction of sp³-hybridized carbons (Fsp3) is 0.286. The molecule has 1 aliphatic rings. The van der Waals surface area contributed by atoms with Gasteiger partial charge in [-0.05, 0) is 42.3 Å². The highest BCUT2D eigenvalue weighted by atomic mass is 35.5. The van der Waals surface area contributed by atoms with Crippen molar-refractivity contribution in [2.24, 2.45) is 0 Å². The van der Waals surface area contributed by atoms with Crippen molar-refractivity contribution in [3.8, 4) is 23.0 Å². The van der Waals surface area contributed by atoms with E-state index in [0.29, 0.717) is 52.4 Å². The van der Waals surface area contributed by atoms with Gasteiger partial charge in [0.25, 0.3) is 5.91 Å². The molecule has 0 saturated heterocycles. The van der Waals surface area contributed by atoms with Crippen molar-refractivity contribution in [2.45, 2.75) is 25.9 Å². The molecule has 9 heteroatoms. The topological polar surface area (TPSA) is 86.3 Å². The van der Waals surface area contributed by atoms with Crippen LogP contribution in [0.2, 0.25) is 5.02 Å². The van der Waals surface area contributed by atoms with Gasteiger partial charge < -0.3 is 29.2 Å². The van der Waals surface area contributed by atoms with E-state index in [0.717, 1.165) is 11.1 Å². The van der Waals surface area contributed by atoms with Crippen LogP contribution in [0.5, 0.6) is 23.0 Å². The summed E-state index contributed by atoms with van der Waals surface area (Å²) in [6.07, 6.45) is -0.0103. The molecule has 1 N–H and O–H groups in total. The smallest absolute Gasteiger partial charge is 0.255 e. The first-order chi connectivity index (χ1) is 17.9. The molecule has 4 rings (SSSR count). The quantitative estimate of drug-likeness (QED) is 0.377. The van der Waals surface area contributed by atoms with Crippen LogP contribution in [0.4, 0.5) is 5.69 Å². The third kappa shape index (κ3) is 5.44. The Morgan fingerprint density at radius 3 is 2.38 bits per heavy atom. The molecule has 1 heterocycles. The largest absolute Gasteiger partial charge is 0.495 e. The Hall–Kier alpha value is -3.91. The van der Waals surface area contributed by atoms with E-state index in [9.17, 15) is 9.59 Å². The molecule has 3 aromatic carbocycles. The van der Waals surface area contributed by atoms with Crippen LogP contribution in [0.25, 0.3) is 0 Å². The summed E-state index contributed by atoms with van der Waals surface area (Å²) < 4.78 is 21.8. The second kappa shape index (κ2) is 11.4. The van der Waals surface area contributed by atoms with E-state index in [4.69, 9.17) is 30.5 Å². The maximum absolute atomic E-state index is 13.4. The number of hydrogen-bond donors (Lipinski definition) is 1. The second-order valence-corrected chi connectivity index (χ2v) is 8.80. The third-order valence-electron chi connectivity index (χ3n) is 6.22. The number of ether oxygens (including phenoxy) is 4. The van der Waals surface area contributed by atoms with Crippen molar-refractivity contribution in [1.29, 1.82) is 0 Å². The third-order valence-corrected chi connectivity index (χ3v) is 6.52. The standard InChI is InChI=1S/C28H29ClN2O6/c1-5-37-23-11-10-17(12-26(23)36-4)22(31-16-18-8-6-7-9-19(18)28(31)33)14-27(32)30-21-13-20(29)24(34-2)15-25(21)35-3/h6-13,15,22H,5,14,16H2,1-4H3,(H,30,32)/t22-/m1/s1. The van der Waals surface area contributed by atoms with Gasteiger partial charge in [0, 0.05) is 18.2 Å². The predicted molar refractivity (Wildman–Crippen MR) is 141 cm³/mol. The molecule has 1 atom stereocenters. The minimum Gasteiger partial charge on any atom is -0.495 e. The lowest BCUT2D eigenvalue weighted by Crippen LogP contribution is -2.32. The number of nitrogens with one attached hydrogen (secondary N) is 1. The number of carbonyl (C=O) groups excluding carboxylic acids is 2. The monoisotopic (exact) mass is 524 g/mol. The molecule has 0 unspecified atom stereocenters. The molecule has 2 amide bonds.